The fourth-order valence-electron chi connectivity index (χ4n) is 6.80. The third kappa shape index (κ3) is 5.85. The summed E-state index contributed by atoms with van der Waals surface area (Å²) >= 11 is 0. The second-order valence-electron chi connectivity index (χ2n) is 12.1. The monoisotopic (exact) mass is 643 g/mol. The van der Waals surface area contributed by atoms with Crippen molar-refractivity contribution >= 4 is 39.8 Å². The highest BCUT2D eigenvalue weighted by atomic mass is 15.4. The van der Waals surface area contributed by atoms with Crippen molar-refractivity contribution in [1.82, 2.24) is 14.5 Å². The van der Waals surface area contributed by atoms with Gasteiger partial charge in [-0.25, -0.2) is 0 Å². The zero-order chi connectivity index (χ0) is 33.6. The Kier molecular flexibility index (Phi) is 8.50. The quantitative estimate of drug-likeness (QED) is 0.147. The van der Waals surface area contributed by atoms with Gasteiger partial charge in [0.25, 0.3) is 0 Å². The van der Waals surface area contributed by atoms with E-state index in [2.05, 4.69) is 179 Å². The molecule has 0 unspecified atom stereocenters. The molecular weight excluding hydrogens is 609 g/mol. The lowest BCUT2D eigenvalue weighted by Gasteiger charge is -2.37. The molecule has 0 aliphatic rings. The smallest absolute Gasteiger partial charge is 0.148 e. The summed E-state index contributed by atoms with van der Waals surface area (Å²) in [5.74, 6) is 0. The summed E-state index contributed by atoms with van der Waals surface area (Å²) in [5, 5.41) is 0. The minimum atomic E-state index is 0.438. The molecule has 238 valence electrons. The normalized spacial score (nSPS) is 11.2. The minimum Gasteiger partial charge on any atom is -0.310 e. The van der Waals surface area contributed by atoms with Gasteiger partial charge in [-0.3, -0.25) is 9.97 Å². The van der Waals surface area contributed by atoms with E-state index in [1.54, 1.807) is 0 Å². The first-order valence-corrected chi connectivity index (χ1v) is 16.8. The number of aromatic nitrogens is 2. The van der Waals surface area contributed by atoms with Gasteiger partial charge in [-0.2, -0.15) is 4.48 Å². The largest absolute Gasteiger partial charge is 0.310 e. The zero-order valence-electron chi connectivity index (χ0n) is 27.5. The summed E-state index contributed by atoms with van der Waals surface area (Å²) in [6.07, 6.45) is 3.68. The molecular formula is C46H35N4+. The molecule has 2 heterocycles. The fourth-order valence-corrected chi connectivity index (χ4v) is 6.80. The lowest BCUT2D eigenvalue weighted by Crippen LogP contribution is -2.33. The number of benzene rings is 6. The highest BCUT2D eigenvalue weighted by Gasteiger charge is 2.39. The average molecular weight is 644 g/mol. The second-order valence-corrected chi connectivity index (χ2v) is 12.1. The number of hydrogen-bond acceptors (Lipinski definition) is 3. The Balaban J connectivity index is 1.31. The molecule has 0 amide bonds. The third-order valence-electron chi connectivity index (χ3n) is 9.06. The molecule has 4 nitrogen and oxygen atoms in total. The number of para-hydroxylation sites is 3. The fraction of sp³-hybridized carbons (Fsp3) is 0. The predicted molar refractivity (Wildman–Crippen MR) is 208 cm³/mol. The van der Waals surface area contributed by atoms with Crippen molar-refractivity contribution in [1.29, 1.82) is 0 Å². The standard InChI is InChI=1S/C46H35N4/c1-4-20-41(21-5-1)50(42-22-6-2-7-23-42,43-24-8-3-9-25-43)44-30-28-38(29-31-44)49(39-18-14-16-36(34-39)45-26-10-12-32-47-45)40-19-15-17-37(35-40)46-27-11-13-33-48-46/h1-35H/q+1. The Bertz CT molecular complexity index is 2110. The van der Waals surface area contributed by atoms with Crippen LogP contribution in [0.3, 0.4) is 0 Å². The molecule has 0 radical (unpaired) electrons. The first kappa shape index (κ1) is 30.7. The Morgan fingerprint density at radius 2 is 0.720 bits per heavy atom. The zero-order valence-corrected chi connectivity index (χ0v) is 27.5. The van der Waals surface area contributed by atoms with Crippen molar-refractivity contribution in [3.05, 3.63) is 213 Å². The van der Waals surface area contributed by atoms with E-state index in [-0.39, 0.29) is 0 Å². The van der Waals surface area contributed by atoms with E-state index in [9.17, 15) is 0 Å². The van der Waals surface area contributed by atoms with E-state index in [1.165, 1.54) is 0 Å². The molecule has 0 aliphatic heterocycles. The van der Waals surface area contributed by atoms with Crippen LogP contribution < -0.4 is 9.38 Å². The molecule has 4 heteroatoms. The van der Waals surface area contributed by atoms with Gasteiger partial charge < -0.3 is 4.90 Å². The maximum atomic E-state index is 4.64. The van der Waals surface area contributed by atoms with Crippen LogP contribution in [-0.2, 0) is 0 Å². The number of rotatable bonds is 9. The van der Waals surface area contributed by atoms with Crippen LogP contribution in [0.2, 0.25) is 0 Å². The van der Waals surface area contributed by atoms with Gasteiger partial charge >= 0.3 is 0 Å². The van der Waals surface area contributed by atoms with Crippen molar-refractivity contribution in [2.75, 3.05) is 4.90 Å². The molecule has 0 saturated carbocycles. The maximum absolute atomic E-state index is 4.64. The lowest BCUT2D eigenvalue weighted by molar-refractivity contribution is 0.704. The molecule has 0 N–H and O–H groups in total. The van der Waals surface area contributed by atoms with Crippen LogP contribution in [0.15, 0.2) is 213 Å². The summed E-state index contributed by atoms with van der Waals surface area (Å²) in [6.45, 7) is 0. The molecule has 0 fully saturated rings. The molecule has 8 rings (SSSR count). The lowest BCUT2D eigenvalue weighted by atomic mass is 10.0. The predicted octanol–water partition coefficient (Wildman–Crippen LogP) is 12.6. The average Bonchev–Trinajstić information content (AvgIpc) is 3.21. The van der Waals surface area contributed by atoms with Crippen LogP contribution in [0.5, 0.6) is 0 Å². The number of nitrogens with zero attached hydrogens (tertiary/aromatic N) is 4. The van der Waals surface area contributed by atoms with E-state index in [4.69, 9.17) is 0 Å². The van der Waals surface area contributed by atoms with Crippen LogP contribution >= 0.6 is 0 Å². The summed E-state index contributed by atoms with van der Waals surface area (Å²) in [5.41, 5.74) is 11.7. The van der Waals surface area contributed by atoms with Gasteiger partial charge in [-0.15, -0.1) is 0 Å². The van der Waals surface area contributed by atoms with Crippen molar-refractivity contribution < 1.29 is 0 Å². The SMILES string of the molecule is c1ccc([N+](c2ccccc2)(c2ccccc2)c2ccc(N(c3cccc(-c4ccccn4)c3)c3cccc(-c4ccccn4)c3)cc2)cc1. The molecule has 0 atom stereocenters. The van der Waals surface area contributed by atoms with Gasteiger partial charge in [0.15, 0.2) is 0 Å². The minimum absolute atomic E-state index is 0.438. The number of pyridine rings is 2. The molecule has 50 heavy (non-hydrogen) atoms. The summed E-state index contributed by atoms with van der Waals surface area (Å²) in [7, 11) is 0. The maximum Gasteiger partial charge on any atom is 0.148 e. The van der Waals surface area contributed by atoms with E-state index in [0.29, 0.717) is 4.48 Å². The van der Waals surface area contributed by atoms with Crippen molar-refractivity contribution in [3.63, 3.8) is 0 Å². The van der Waals surface area contributed by atoms with Crippen LogP contribution in [0, 0.1) is 0 Å². The molecule has 0 spiro atoms. The highest BCUT2D eigenvalue weighted by Crippen LogP contribution is 2.51. The molecule has 2 aromatic heterocycles. The van der Waals surface area contributed by atoms with Gasteiger partial charge in [0, 0.05) is 89.1 Å². The number of quaternary nitrogens is 1. The van der Waals surface area contributed by atoms with Gasteiger partial charge in [-0.05, 0) is 60.7 Å². The van der Waals surface area contributed by atoms with Crippen LogP contribution in [0.1, 0.15) is 0 Å². The van der Waals surface area contributed by atoms with Gasteiger partial charge in [0.1, 0.15) is 22.7 Å². The Morgan fingerprint density at radius 3 is 1.12 bits per heavy atom. The Morgan fingerprint density at radius 1 is 0.320 bits per heavy atom. The van der Waals surface area contributed by atoms with E-state index < -0.39 is 0 Å². The molecule has 0 bridgehead atoms. The van der Waals surface area contributed by atoms with E-state index in [0.717, 1.165) is 62.3 Å². The Hall–Kier alpha value is -6.62. The second kappa shape index (κ2) is 13.9. The van der Waals surface area contributed by atoms with Crippen LogP contribution in [-0.4, -0.2) is 9.97 Å². The topological polar surface area (TPSA) is 29.0 Å². The van der Waals surface area contributed by atoms with Crippen LogP contribution in [0.4, 0.5) is 39.8 Å². The van der Waals surface area contributed by atoms with Gasteiger partial charge in [-0.1, -0.05) is 91.0 Å². The molecule has 6 aromatic carbocycles. The van der Waals surface area contributed by atoms with Gasteiger partial charge in [0.2, 0.25) is 0 Å². The van der Waals surface area contributed by atoms with Crippen molar-refractivity contribution in [2.24, 2.45) is 0 Å². The van der Waals surface area contributed by atoms with Crippen molar-refractivity contribution in [3.8, 4) is 22.5 Å². The Labute approximate surface area is 293 Å². The number of anilines is 3. The molecule has 0 aliphatic carbocycles. The summed E-state index contributed by atoms with van der Waals surface area (Å²) in [4.78, 5) is 11.6. The highest BCUT2D eigenvalue weighted by molar-refractivity contribution is 5.85. The van der Waals surface area contributed by atoms with E-state index in [1.807, 2.05) is 48.8 Å². The molecule has 8 aromatic rings. The summed E-state index contributed by atoms with van der Waals surface area (Å²) in [6, 6.07) is 70.4. The first-order valence-electron chi connectivity index (χ1n) is 16.8. The first-order chi connectivity index (χ1) is 24.8. The summed E-state index contributed by atoms with van der Waals surface area (Å²) < 4.78 is 0.438. The van der Waals surface area contributed by atoms with Crippen LogP contribution in [0.25, 0.3) is 22.5 Å². The van der Waals surface area contributed by atoms with Crippen molar-refractivity contribution in [2.45, 2.75) is 0 Å². The molecule has 0 saturated heterocycles. The third-order valence-corrected chi connectivity index (χ3v) is 9.06. The number of hydrogen-bond donors (Lipinski definition) is 0. The van der Waals surface area contributed by atoms with Gasteiger partial charge in [0.05, 0.1) is 11.4 Å². The van der Waals surface area contributed by atoms with E-state index >= 15 is 0 Å².